The second kappa shape index (κ2) is 17.7. The van der Waals surface area contributed by atoms with E-state index in [0.29, 0.717) is 0 Å². The van der Waals surface area contributed by atoms with Crippen molar-refractivity contribution in [3.05, 3.63) is 0 Å². The standard InChI is InChI=1S/Cu.Mn.Na.Ni.H/q;;+1;;-1. The largest absolute Gasteiger partial charge is 1.00 e. The van der Waals surface area contributed by atoms with Crippen LogP contribution in [0, 0.1) is 0 Å². The molecule has 0 unspecified atom stereocenters. The topological polar surface area (TPSA) is 0 Å². The van der Waals surface area contributed by atoms with Crippen LogP contribution < -0.4 is 29.6 Å². The van der Waals surface area contributed by atoms with Gasteiger partial charge in [-0.3, -0.25) is 0 Å². The molecule has 0 spiro atoms. The minimum atomic E-state index is 0. The summed E-state index contributed by atoms with van der Waals surface area (Å²) in [6.45, 7) is 0. The fraction of sp³-hybridized carbons (Fsp3) is 0. The van der Waals surface area contributed by atoms with Gasteiger partial charge in [-0.1, -0.05) is 0 Å². The molecule has 0 aliphatic carbocycles. The molecule has 4 heavy (non-hydrogen) atoms. The average molecular weight is 201 g/mol. The van der Waals surface area contributed by atoms with Crippen molar-refractivity contribution in [3.63, 3.8) is 0 Å². The molecule has 0 aliphatic heterocycles. The van der Waals surface area contributed by atoms with Gasteiger partial charge in [0.1, 0.15) is 0 Å². The van der Waals surface area contributed by atoms with E-state index in [0.717, 1.165) is 0 Å². The van der Waals surface area contributed by atoms with Crippen molar-refractivity contribution in [1.82, 2.24) is 0 Å². The third-order valence-electron chi connectivity index (χ3n) is 0. The summed E-state index contributed by atoms with van der Waals surface area (Å²) < 4.78 is 0. The molecule has 0 bridgehead atoms. The maximum absolute atomic E-state index is 0. The summed E-state index contributed by atoms with van der Waals surface area (Å²) in [7, 11) is 0. The van der Waals surface area contributed by atoms with Gasteiger partial charge in [0.25, 0.3) is 0 Å². The molecule has 0 heterocycles. The van der Waals surface area contributed by atoms with E-state index in [1.165, 1.54) is 0 Å². The Bertz CT molecular complexity index is 11.6. The molecule has 0 saturated heterocycles. The Labute approximate surface area is 80.5 Å². The first-order valence-electron chi connectivity index (χ1n) is 0. The predicted octanol–water partition coefficient (Wildman–Crippen LogP) is -2.89. The van der Waals surface area contributed by atoms with Crippen LogP contribution in [0.25, 0.3) is 0 Å². The van der Waals surface area contributed by atoms with E-state index in [1.807, 2.05) is 0 Å². The molecule has 0 aromatic carbocycles. The van der Waals surface area contributed by atoms with E-state index < -0.39 is 0 Å². The molecule has 0 saturated carbocycles. The second-order valence-electron chi connectivity index (χ2n) is 0. The predicted molar refractivity (Wildman–Crippen MR) is 1.11 cm³/mol. The van der Waals surface area contributed by atoms with Crippen molar-refractivity contribution in [1.29, 1.82) is 0 Å². The van der Waals surface area contributed by atoms with Gasteiger partial charge < -0.3 is 1.43 Å². The van der Waals surface area contributed by atoms with Crippen molar-refractivity contribution in [2.45, 2.75) is 0 Å². The molecule has 2 radical (unpaired) electrons. The quantitative estimate of drug-likeness (QED) is 0.369. The van der Waals surface area contributed by atoms with Crippen LogP contribution in [-0.2, 0) is 50.6 Å². The van der Waals surface area contributed by atoms with Crippen LogP contribution in [0.5, 0.6) is 0 Å². The van der Waals surface area contributed by atoms with Gasteiger partial charge >= 0.3 is 29.6 Å². The Kier molecular flexibility index (Phi) is 138. The minimum Gasteiger partial charge on any atom is -1.00 e. The van der Waals surface area contributed by atoms with Crippen LogP contribution in [0.1, 0.15) is 1.43 Å². The fourth-order valence-corrected chi connectivity index (χ4v) is 0. The van der Waals surface area contributed by atoms with Gasteiger partial charge in [-0.25, -0.2) is 0 Å². The van der Waals surface area contributed by atoms with E-state index in [2.05, 4.69) is 0 Å². The second-order valence-corrected chi connectivity index (χ2v) is 0. The Morgan fingerprint density at radius 1 is 1.25 bits per heavy atom. The summed E-state index contributed by atoms with van der Waals surface area (Å²) in [4.78, 5) is 0. The summed E-state index contributed by atoms with van der Waals surface area (Å²) >= 11 is 0. The van der Waals surface area contributed by atoms with Crippen molar-refractivity contribution < 1.29 is 81.6 Å². The van der Waals surface area contributed by atoms with E-state index >= 15 is 0 Å². The Balaban J connectivity index is 0. The molecule has 0 aromatic heterocycles. The van der Waals surface area contributed by atoms with Crippen LogP contribution in [-0.4, -0.2) is 0 Å². The molecule has 0 atom stereocenters. The zero-order valence-electron chi connectivity index (χ0n) is 3.00. The van der Waals surface area contributed by atoms with Gasteiger partial charge in [-0.2, -0.15) is 0 Å². The van der Waals surface area contributed by atoms with Gasteiger partial charge in [0.05, 0.1) is 0 Å². The van der Waals surface area contributed by atoms with Gasteiger partial charge in [0.2, 0.25) is 0 Å². The summed E-state index contributed by atoms with van der Waals surface area (Å²) in [5.74, 6) is 0. The van der Waals surface area contributed by atoms with Gasteiger partial charge in [-0.05, 0) is 0 Å². The minimum absolute atomic E-state index is 0. The molecule has 0 nitrogen and oxygen atoms in total. The molecule has 0 rings (SSSR count). The molecule has 0 aliphatic rings. The van der Waals surface area contributed by atoms with Crippen molar-refractivity contribution in [3.8, 4) is 0 Å². The molecule has 0 aromatic rings. The first kappa shape index (κ1) is 31.2. The summed E-state index contributed by atoms with van der Waals surface area (Å²) in [5, 5.41) is 0. The molecular formula is HCuMnNaNi. The molecule has 4 heteroatoms. The van der Waals surface area contributed by atoms with Gasteiger partial charge in [-0.15, -0.1) is 0 Å². The first-order valence-corrected chi connectivity index (χ1v) is 0. The molecule has 0 fully saturated rings. The van der Waals surface area contributed by atoms with Crippen LogP contribution in [0.4, 0.5) is 0 Å². The smallest absolute Gasteiger partial charge is 1.00 e. The van der Waals surface area contributed by atoms with E-state index in [4.69, 9.17) is 0 Å². The van der Waals surface area contributed by atoms with Crippen LogP contribution >= 0.6 is 0 Å². The summed E-state index contributed by atoms with van der Waals surface area (Å²) in [6, 6.07) is 0. The van der Waals surface area contributed by atoms with Gasteiger partial charge in [0, 0.05) is 50.6 Å². The van der Waals surface area contributed by atoms with E-state index in [9.17, 15) is 0 Å². The third-order valence-corrected chi connectivity index (χ3v) is 0. The number of rotatable bonds is 0. The zero-order valence-corrected chi connectivity index (χ0v) is 7.11. The normalized spacial score (nSPS) is 0. The summed E-state index contributed by atoms with van der Waals surface area (Å²) in [5.41, 5.74) is 0. The van der Waals surface area contributed by atoms with Crippen LogP contribution in [0.3, 0.4) is 0 Å². The summed E-state index contributed by atoms with van der Waals surface area (Å²) in [6.07, 6.45) is 0. The third kappa shape index (κ3) is 8.82. The molecule has 0 amide bonds. The number of hydrogen-bond acceptors (Lipinski definition) is 0. The first-order chi connectivity index (χ1) is 0. The Morgan fingerprint density at radius 3 is 1.25 bits per heavy atom. The Hall–Kier alpha value is 2.53. The fourth-order valence-electron chi connectivity index (χ4n) is 0. The average Bonchev–Trinajstić information content (AvgIpc) is 0. The Morgan fingerprint density at radius 2 is 1.25 bits per heavy atom. The SMILES string of the molecule is [Cu].[H-].[Mn].[Na+].[Ni]. The van der Waals surface area contributed by atoms with Crippen LogP contribution in [0.15, 0.2) is 0 Å². The van der Waals surface area contributed by atoms with E-state index in [1.54, 1.807) is 0 Å². The van der Waals surface area contributed by atoms with Crippen molar-refractivity contribution in [2.75, 3.05) is 0 Å². The molecule has 0 N–H and O–H groups in total. The van der Waals surface area contributed by atoms with Crippen LogP contribution in [0.2, 0.25) is 0 Å². The van der Waals surface area contributed by atoms with Gasteiger partial charge in [0.15, 0.2) is 0 Å². The van der Waals surface area contributed by atoms with Crippen molar-refractivity contribution >= 4 is 0 Å². The molecular weight excluding hydrogens is 200 g/mol. The zero-order chi connectivity index (χ0) is 0. The van der Waals surface area contributed by atoms with Crippen molar-refractivity contribution in [2.24, 2.45) is 0 Å². The molecule has 30 valence electrons. The van der Waals surface area contributed by atoms with E-state index in [-0.39, 0.29) is 81.6 Å². The number of hydrogen-bond donors (Lipinski definition) is 0. The monoisotopic (exact) mass is 200 g/mol. The maximum atomic E-state index is 0. The maximum Gasteiger partial charge on any atom is 1.00 e.